The highest BCUT2D eigenvalue weighted by Gasteiger charge is 2.06. The Bertz CT molecular complexity index is 977. The van der Waals surface area contributed by atoms with Crippen molar-refractivity contribution in [1.29, 1.82) is 0 Å². The van der Waals surface area contributed by atoms with E-state index >= 15 is 0 Å². The lowest BCUT2D eigenvalue weighted by Crippen LogP contribution is -1.96. The number of pyridine rings is 1. The molecule has 0 amide bonds. The Hall–Kier alpha value is -2.77. The molecule has 0 radical (unpaired) electrons. The normalized spacial score (nSPS) is 10.7. The Morgan fingerprint density at radius 3 is 2.69 bits per heavy atom. The van der Waals surface area contributed by atoms with E-state index in [0.717, 1.165) is 32.2 Å². The highest BCUT2D eigenvalue weighted by molar-refractivity contribution is 7.15. The first kappa shape index (κ1) is 16.7. The number of nitrogens with zero attached hydrogens (tertiary/aromatic N) is 3. The van der Waals surface area contributed by atoms with Gasteiger partial charge in [0.25, 0.3) is 0 Å². The molecule has 3 heterocycles. The van der Waals surface area contributed by atoms with Gasteiger partial charge in [-0.25, -0.2) is 15.0 Å². The number of rotatable bonds is 6. The van der Waals surface area contributed by atoms with E-state index in [1.807, 2.05) is 24.4 Å². The van der Waals surface area contributed by atoms with Crippen molar-refractivity contribution >= 4 is 38.8 Å². The van der Waals surface area contributed by atoms with E-state index in [-0.39, 0.29) is 0 Å². The molecule has 0 aliphatic heterocycles. The molecule has 0 saturated heterocycles. The lowest BCUT2D eigenvalue weighted by atomic mass is 10.1. The first-order valence-electron chi connectivity index (χ1n) is 8.15. The average Bonchev–Trinajstić information content (AvgIpc) is 3.31. The van der Waals surface area contributed by atoms with Gasteiger partial charge in [-0.1, -0.05) is 47.2 Å². The lowest BCUT2D eigenvalue weighted by molar-refractivity contribution is 1.16. The van der Waals surface area contributed by atoms with Crippen LogP contribution in [0.15, 0.2) is 60.2 Å². The number of aromatic nitrogens is 3. The standard InChI is InChI=1S/C19H17N5S2/c1-13-5-7-14(8-6-13)16-12-25-18(23-16)21-10-15-11-22-19(26-15)24-17-4-2-3-9-20-17/h2-9,11-12H,10H2,1H3,(H,21,23)(H,20,22,24). The number of nitrogens with one attached hydrogen (secondary N) is 2. The molecule has 0 aliphatic carbocycles. The maximum atomic E-state index is 4.67. The molecule has 26 heavy (non-hydrogen) atoms. The summed E-state index contributed by atoms with van der Waals surface area (Å²) in [4.78, 5) is 14.4. The fraction of sp³-hybridized carbons (Fsp3) is 0.105. The zero-order valence-corrected chi connectivity index (χ0v) is 15.8. The Morgan fingerprint density at radius 1 is 1.00 bits per heavy atom. The van der Waals surface area contributed by atoms with Crippen LogP contribution < -0.4 is 10.6 Å². The second-order valence-electron chi connectivity index (χ2n) is 5.73. The summed E-state index contributed by atoms with van der Waals surface area (Å²) < 4.78 is 0. The molecular formula is C19H17N5S2. The Morgan fingerprint density at radius 2 is 1.88 bits per heavy atom. The Kier molecular flexibility index (Phi) is 4.90. The minimum atomic E-state index is 0.697. The monoisotopic (exact) mass is 379 g/mol. The van der Waals surface area contributed by atoms with Crippen LogP contribution in [0.3, 0.4) is 0 Å². The predicted octanol–water partition coefficient (Wildman–Crippen LogP) is 5.33. The quantitative estimate of drug-likeness (QED) is 0.474. The summed E-state index contributed by atoms with van der Waals surface area (Å²) in [5, 5.41) is 10.4. The van der Waals surface area contributed by atoms with Crippen molar-refractivity contribution < 1.29 is 0 Å². The number of aryl methyl sites for hydroxylation is 1. The molecule has 4 rings (SSSR count). The molecule has 4 aromatic rings. The summed E-state index contributed by atoms with van der Waals surface area (Å²) >= 11 is 3.22. The molecule has 0 fully saturated rings. The molecule has 130 valence electrons. The molecule has 0 saturated carbocycles. The third kappa shape index (κ3) is 4.07. The van der Waals surface area contributed by atoms with Gasteiger partial charge in [0.1, 0.15) is 5.82 Å². The minimum absolute atomic E-state index is 0.697. The van der Waals surface area contributed by atoms with Gasteiger partial charge in [0.15, 0.2) is 10.3 Å². The van der Waals surface area contributed by atoms with Crippen molar-refractivity contribution in [2.75, 3.05) is 10.6 Å². The zero-order chi connectivity index (χ0) is 17.8. The predicted molar refractivity (Wildman–Crippen MR) is 109 cm³/mol. The Labute approximate surface area is 159 Å². The molecule has 0 unspecified atom stereocenters. The third-order valence-corrected chi connectivity index (χ3v) is 5.43. The second-order valence-corrected chi connectivity index (χ2v) is 7.70. The molecule has 5 nitrogen and oxygen atoms in total. The first-order valence-corrected chi connectivity index (χ1v) is 9.85. The van der Waals surface area contributed by atoms with Crippen molar-refractivity contribution in [2.24, 2.45) is 0 Å². The number of thiazole rings is 2. The van der Waals surface area contributed by atoms with E-state index in [2.05, 4.69) is 62.2 Å². The van der Waals surface area contributed by atoms with Gasteiger partial charge >= 0.3 is 0 Å². The SMILES string of the molecule is Cc1ccc(-c2csc(NCc3cnc(Nc4ccccn4)s3)n2)cc1. The van der Waals surface area contributed by atoms with Gasteiger partial charge in [-0.15, -0.1) is 11.3 Å². The van der Waals surface area contributed by atoms with E-state index in [4.69, 9.17) is 0 Å². The van der Waals surface area contributed by atoms with Crippen molar-refractivity contribution in [3.05, 3.63) is 70.7 Å². The highest BCUT2D eigenvalue weighted by atomic mass is 32.1. The summed E-state index contributed by atoms with van der Waals surface area (Å²) in [7, 11) is 0. The van der Waals surface area contributed by atoms with Gasteiger partial charge in [-0.3, -0.25) is 0 Å². The van der Waals surface area contributed by atoms with Crippen LogP contribution in [0.25, 0.3) is 11.3 Å². The van der Waals surface area contributed by atoms with Crippen molar-refractivity contribution in [3.63, 3.8) is 0 Å². The summed E-state index contributed by atoms with van der Waals surface area (Å²) in [6.07, 6.45) is 3.63. The molecule has 2 N–H and O–H groups in total. The van der Waals surface area contributed by atoms with Gasteiger partial charge in [0.05, 0.1) is 12.2 Å². The molecule has 0 spiro atoms. The van der Waals surface area contributed by atoms with E-state index < -0.39 is 0 Å². The summed E-state index contributed by atoms with van der Waals surface area (Å²) in [5.74, 6) is 0.795. The van der Waals surface area contributed by atoms with Crippen LogP contribution in [0, 0.1) is 6.92 Å². The van der Waals surface area contributed by atoms with E-state index in [0.29, 0.717) is 6.54 Å². The van der Waals surface area contributed by atoms with Crippen LogP contribution in [0.4, 0.5) is 16.1 Å². The first-order chi connectivity index (χ1) is 12.8. The largest absolute Gasteiger partial charge is 0.357 e. The number of anilines is 3. The molecule has 1 aromatic carbocycles. The summed E-state index contributed by atoms with van der Waals surface area (Å²) in [5.41, 5.74) is 3.39. The van der Waals surface area contributed by atoms with Crippen molar-refractivity contribution in [3.8, 4) is 11.3 Å². The molecule has 3 aromatic heterocycles. The average molecular weight is 380 g/mol. The van der Waals surface area contributed by atoms with Crippen LogP contribution in [0.5, 0.6) is 0 Å². The number of hydrogen-bond donors (Lipinski definition) is 2. The molecule has 0 aliphatic rings. The van der Waals surface area contributed by atoms with E-state index in [1.54, 1.807) is 28.9 Å². The van der Waals surface area contributed by atoms with Gasteiger partial charge in [-0.05, 0) is 19.1 Å². The van der Waals surface area contributed by atoms with Gasteiger partial charge in [0.2, 0.25) is 0 Å². The van der Waals surface area contributed by atoms with Crippen LogP contribution in [0.2, 0.25) is 0 Å². The maximum absolute atomic E-state index is 4.67. The number of hydrogen-bond acceptors (Lipinski definition) is 7. The van der Waals surface area contributed by atoms with Crippen LogP contribution in [-0.2, 0) is 6.54 Å². The third-order valence-electron chi connectivity index (χ3n) is 3.72. The van der Waals surface area contributed by atoms with Crippen LogP contribution >= 0.6 is 22.7 Å². The number of benzene rings is 1. The fourth-order valence-corrected chi connectivity index (χ4v) is 3.85. The molecule has 7 heteroatoms. The van der Waals surface area contributed by atoms with Gasteiger partial charge in [-0.2, -0.15) is 0 Å². The van der Waals surface area contributed by atoms with Crippen molar-refractivity contribution in [1.82, 2.24) is 15.0 Å². The Balaban J connectivity index is 1.37. The van der Waals surface area contributed by atoms with E-state index in [1.165, 1.54) is 5.56 Å². The van der Waals surface area contributed by atoms with E-state index in [9.17, 15) is 0 Å². The van der Waals surface area contributed by atoms with Crippen LogP contribution in [0.1, 0.15) is 10.4 Å². The summed E-state index contributed by atoms with van der Waals surface area (Å²) in [6.45, 7) is 2.78. The van der Waals surface area contributed by atoms with Gasteiger partial charge in [0, 0.05) is 28.2 Å². The molecule has 0 atom stereocenters. The smallest absolute Gasteiger partial charge is 0.188 e. The summed E-state index contributed by atoms with van der Waals surface area (Å²) in [6, 6.07) is 14.2. The minimum Gasteiger partial charge on any atom is -0.357 e. The van der Waals surface area contributed by atoms with Gasteiger partial charge < -0.3 is 10.6 Å². The second kappa shape index (κ2) is 7.63. The lowest BCUT2D eigenvalue weighted by Gasteiger charge is -2.00. The van der Waals surface area contributed by atoms with Crippen molar-refractivity contribution in [2.45, 2.75) is 13.5 Å². The van der Waals surface area contributed by atoms with Crippen LogP contribution in [-0.4, -0.2) is 15.0 Å². The maximum Gasteiger partial charge on any atom is 0.188 e. The molecular weight excluding hydrogens is 362 g/mol. The molecule has 0 bridgehead atoms. The highest BCUT2D eigenvalue weighted by Crippen LogP contribution is 2.27. The topological polar surface area (TPSA) is 62.7 Å². The zero-order valence-electron chi connectivity index (χ0n) is 14.1. The fourth-order valence-electron chi connectivity index (χ4n) is 2.37.